The lowest BCUT2D eigenvalue weighted by atomic mass is 9.85. The fraction of sp³-hybridized carbons (Fsp3) is 0.900. The van der Waals surface area contributed by atoms with Crippen LogP contribution in [0.2, 0.25) is 0 Å². The van der Waals surface area contributed by atoms with Gasteiger partial charge in [0.1, 0.15) is 0 Å². The second-order valence-corrected chi connectivity index (χ2v) is 7.41. The summed E-state index contributed by atoms with van der Waals surface area (Å²) in [6.07, 6.45) is 18.9. The zero-order valence-corrected chi connectivity index (χ0v) is 14.9. The van der Waals surface area contributed by atoms with Crippen molar-refractivity contribution in [2.75, 3.05) is 7.11 Å². The van der Waals surface area contributed by atoms with Crippen molar-refractivity contribution in [3.8, 4) is 0 Å². The van der Waals surface area contributed by atoms with Crippen molar-refractivity contribution in [2.24, 2.45) is 0 Å². The van der Waals surface area contributed by atoms with Gasteiger partial charge in [-0.25, -0.2) is 0 Å². The summed E-state index contributed by atoms with van der Waals surface area (Å²) in [5, 5.41) is 0. The number of nitrogens with zero attached hydrogens (tertiary/aromatic N) is 1. The first-order valence-electron chi connectivity index (χ1n) is 9.69. The average molecular weight is 308 g/mol. The lowest BCUT2D eigenvalue weighted by molar-refractivity contribution is -0.0370. The lowest BCUT2D eigenvalue weighted by Gasteiger charge is -2.48. The van der Waals surface area contributed by atoms with Crippen molar-refractivity contribution in [1.29, 1.82) is 0 Å². The zero-order valence-electron chi connectivity index (χ0n) is 14.9. The molecule has 0 amide bonds. The van der Waals surface area contributed by atoms with Gasteiger partial charge in [0.25, 0.3) is 0 Å². The SMILES string of the molecule is C=CCCC(C(C)OC)N(C1CCCCC1)C1CCCCC1. The van der Waals surface area contributed by atoms with E-state index in [-0.39, 0.29) is 0 Å². The predicted molar refractivity (Wildman–Crippen MR) is 95.3 cm³/mol. The molecule has 2 aliphatic rings. The van der Waals surface area contributed by atoms with Crippen LogP contribution in [0, 0.1) is 0 Å². The third kappa shape index (κ3) is 4.83. The van der Waals surface area contributed by atoms with E-state index in [1.165, 1.54) is 70.6 Å². The van der Waals surface area contributed by atoms with Gasteiger partial charge < -0.3 is 4.74 Å². The number of methoxy groups -OCH3 is 1. The molecule has 0 aliphatic heterocycles. The van der Waals surface area contributed by atoms with Crippen LogP contribution in [-0.4, -0.2) is 36.2 Å². The van der Waals surface area contributed by atoms with Crippen LogP contribution in [-0.2, 0) is 4.74 Å². The van der Waals surface area contributed by atoms with Crippen LogP contribution >= 0.6 is 0 Å². The van der Waals surface area contributed by atoms with E-state index < -0.39 is 0 Å². The van der Waals surface area contributed by atoms with Gasteiger partial charge in [0.05, 0.1) is 6.10 Å². The highest BCUT2D eigenvalue weighted by molar-refractivity contribution is 4.91. The molecule has 0 aromatic heterocycles. The first-order chi connectivity index (χ1) is 10.8. The van der Waals surface area contributed by atoms with Crippen LogP contribution in [0.25, 0.3) is 0 Å². The molecule has 2 heteroatoms. The molecule has 22 heavy (non-hydrogen) atoms. The van der Waals surface area contributed by atoms with E-state index in [9.17, 15) is 0 Å². The Labute approximate surface area is 138 Å². The van der Waals surface area contributed by atoms with Crippen LogP contribution in [0.15, 0.2) is 12.7 Å². The summed E-state index contributed by atoms with van der Waals surface area (Å²) in [6.45, 7) is 6.21. The fourth-order valence-electron chi connectivity index (χ4n) is 4.67. The standard InChI is InChI=1S/C20H37NO/c1-4-5-16-20(17(2)22-3)21(18-12-8-6-9-13-18)19-14-10-7-11-15-19/h4,17-20H,1,5-16H2,2-3H3. The van der Waals surface area contributed by atoms with Crippen LogP contribution in [0.5, 0.6) is 0 Å². The number of ether oxygens (including phenoxy) is 1. The largest absolute Gasteiger partial charge is 0.380 e. The minimum absolute atomic E-state index is 0.323. The van der Waals surface area contributed by atoms with E-state index in [0.717, 1.165) is 18.5 Å². The fourth-order valence-corrected chi connectivity index (χ4v) is 4.67. The molecule has 2 saturated carbocycles. The van der Waals surface area contributed by atoms with E-state index in [1.807, 2.05) is 7.11 Å². The van der Waals surface area contributed by atoms with Crippen molar-refractivity contribution in [3.63, 3.8) is 0 Å². The lowest BCUT2D eigenvalue weighted by Crippen LogP contribution is -2.54. The van der Waals surface area contributed by atoms with Crippen LogP contribution in [0.1, 0.15) is 84.0 Å². The monoisotopic (exact) mass is 307 g/mol. The quantitative estimate of drug-likeness (QED) is 0.562. The van der Waals surface area contributed by atoms with Crippen LogP contribution in [0.4, 0.5) is 0 Å². The van der Waals surface area contributed by atoms with Crippen molar-refractivity contribution in [2.45, 2.75) is 108 Å². The van der Waals surface area contributed by atoms with Crippen LogP contribution in [0.3, 0.4) is 0 Å². The maximum atomic E-state index is 5.80. The molecule has 2 rings (SSSR count). The second kappa shape index (κ2) is 9.72. The molecule has 2 unspecified atom stereocenters. The number of allylic oxidation sites excluding steroid dienone is 1. The van der Waals surface area contributed by atoms with Crippen molar-refractivity contribution >= 4 is 0 Å². The van der Waals surface area contributed by atoms with Crippen molar-refractivity contribution in [3.05, 3.63) is 12.7 Å². The Morgan fingerprint density at radius 1 is 1.00 bits per heavy atom. The molecule has 0 N–H and O–H groups in total. The highest BCUT2D eigenvalue weighted by Crippen LogP contribution is 2.34. The first-order valence-corrected chi connectivity index (χ1v) is 9.69. The van der Waals surface area contributed by atoms with Crippen molar-refractivity contribution in [1.82, 2.24) is 4.90 Å². The van der Waals surface area contributed by atoms with Gasteiger partial charge in [0.15, 0.2) is 0 Å². The summed E-state index contributed by atoms with van der Waals surface area (Å²) in [6, 6.07) is 2.16. The third-order valence-electron chi connectivity index (χ3n) is 5.96. The van der Waals surface area contributed by atoms with E-state index >= 15 is 0 Å². The molecule has 2 fully saturated rings. The van der Waals surface area contributed by atoms with Gasteiger partial charge in [0.2, 0.25) is 0 Å². The van der Waals surface area contributed by atoms with Crippen LogP contribution < -0.4 is 0 Å². The van der Waals surface area contributed by atoms with Gasteiger partial charge in [-0.15, -0.1) is 6.58 Å². The Kier molecular flexibility index (Phi) is 7.96. The summed E-state index contributed by atoms with van der Waals surface area (Å²) in [5.74, 6) is 0. The van der Waals surface area contributed by atoms with Gasteiger partial charge in [-0.2, -0.15) is 0 Å². The summed E-state index contributed by atoms with van der Waals surface area (Å²) < 4.78 is 5.80. The Morgan fingerprint density at radius 2 is 1.50 bits per heavy atom. The molecule has 2 nitrogen and oxygen atoms in total. The number of hydrogen-bond donors (Lipinski definition) is 0. The molecule has 0 heterocycles. The predicted octanol–water partition coefficient (Wildman–Crippen LogP) is 5.32. The second-order valence-electron chi connectivity index (χ2n) is 7.41. The molecular formula is C20H37NO. The van der Waals surface area contributed by atoms with Gasteiger partial charge in [-0.05, 0) is 45.4 Å². The first kappa shape index (κ1) is 18.0. The molecule has 0 radical (unpaired) electrons. The molecular weight excluding hydrogens is 270 g/mol. The molecule has 0 aromatic rings. The van der Waals surface area contributed by atoms with E-state index in [0.29, 0.717) is 12.1 Å². The minimum atomic E-state index is 0.323. The molecule has 2 atom stereocenters. The van der Waals surface area contributed by atoms with E-state index in [4.69, 9.17) is 4.74 Å². The summed E-state index contributed by atoms with van der Waals surface area (Å²) in [4.78, 5) is 2.93. The number of hydrogen-bond acceptors (Lipinski definition) is 2. The smallest absolute Gasteiger partial charge is 0.0698 e. The molecule has 128 valence electrons. The third-order valence-corrected chi connectivity index (χ3v) is 5.96. The highest BCUT2D eigenvalue weighted by atomic mass is 16.5. The highest BCUT2D eigenvalue weighted by Gasteiger charge is 2.36. The minimum Gasteiger partial charge on any atom is -0.380 e. The topological polar surface area (TPSA) is 12.5 Å². The summed E-state index contributed by atoms with van der Waals surface area (Å²) >= 11 is 0. The maximum Gasteiger partial charge on any atom is 0.0698 e. The van der Waals surface area contributed by atoms with Gasteiger partial charge >= 0.3 is 0 Å². The average Bonchev–Trinajstić information content (AvgIpc) is 2.59. The normalized spacial score (nSPS) is 24.3. The Hall–Kier alpha value is -0.340. The summed E-state index contributed by atoms with van der Waals surface area (Å²) in [7, 11) is 1.88. The Bertz CT molecular complexity index is 287. The molecule has 0 aromatic carbocycles. The van der Waals surface area contributed by atoms with Gasteiger partial charge in [0, 0.05) is 25.2 Å². The Morgan fingerprint density at radius 3 is 1.91 bits per heavy atom. The number of rotatable bonds is 8. The molecule has 2 aliphatic carbocycles. The molecule has 0 saturated heterocycles. The van der Waals surface area contributed by atoms with Gasteiger partial charge in [-0.3, -0.25) is 4.90 Å². The zero-order chi connectivity index (χ0) is 15.8. The van der Waals surface area contributed by atoms with E-state index in [2.05, 4.69) is 24.5 Å². The van der Waals surface area contributed by atoms with Gasteiger partial charge in [-0.1, -0.05) is 44.6 Å². The van der Waals surface area contributed by atoms with Crippen molar-refractivity contribution < 1.29 is 4.74 Å². The molecule has 0 spiro atoms. The molecule has 0 bridgehead atoms. The van der Waals surface area contributed by atoms with E-state index in [1.54, 1.807) is 0 Å². The Balaban J connectivity index is 2.15. The maximum absolute atomic E-state index is 5.80. The summed E-state index contributed by atoms with van der Waals surface area (Å²) in [5.41, 5.74) is 0.